The molecule has 0 saturated heterocycles. The van der Waals surface area contributed by atoms with E-state index in [0.717, 1.165) is 12.0 Å². The molecule has 2 aromatic heterocycles. The molecule has 180 valence electrons. The Bertz CT molecular complexity index is 1100. The third-order valence-corrected chi connectivity index (χ3v) is 7.65. The molecule has 3 aromatic rings. The molecule has 0 fully saturated rings. The van der Waals surface area contributed by atoms with Gasteiger partial charge in [0.15, 0.2) is 11.5 Å². The predicted octanol–water partition coefficient (Wildman–Crippen LogP) is 4.11. The lowest BCUT2D eigenvalue weighted by molar-refractivity contribution is -0.135. The molecule has 0 bridgehead atoms. The van der Waals surface area contributed by atoms with Crippen LogP contribution in [-0.2, 0) is 16.0 Å². The van der Waals surface area contributed by atoms with Crippen LogP contribution in [0.1, 0.15) is 26.2 Å². The topological polar surface area (TPSA) is 68.3 Å². The molecule has 34 heavy (non-hydrogen) atoms. The van der Waals surface area contributed by atoms with E-state index < -0.39 is 0 Å². The van der Waals surface area contributed by atoms with Crippen LogP contribution in [0.5, 0.6) is 11.5 Å². The van der Waals surface area contributed by atoms with Crippen LogP contribution in [0, 0.1) is 0 Å². The highest BCUT2D eigenvalue weighted by Gasteiger charge is 2.34. The van der Waals surface area contributed by atoms with Gasteiger partial charge in [-0.2, -0.15) is 0 Å². The Labute approximate surface area is 207 Å². The number of hydrogen-bond donors (Lipinski definition) is 0. The summed E-state index contributed by atoms with van der Waals surface area (Å²) in [5, 5.41) is 3.91. The first kappa shape index (κ1) is 24.3. The van der Waals surface area contributed by atoms with E-state index in [4.69, 9.17) is 14.2 Å². The van der Waals surface area contributed by atoms with Gasteiger partial charge in [0.2, 0.25) is 5.91 Å². The maximum Gasteiger partial charge on any atom is 0.264 e. The number of rotatable bonds is 10. The molecule has 1 aliphatic heterocycles. The molecule has 0 spiro atoms. The van der Waals surface area contributed by atoms with E-state index >= 15 is 0 Å². The number of ether oxygens (including phenoxy) is 3. The fourth-order valence-corrected chi connectivity index (χ4v) is 5.66. The molecule has 0 aliphatic carbocycles. The molecule has 7 nitrogen and oxygen atoms in total. The lowest BCUT2D eigenvalue weighted by atomic mass is 10.0. The number of amides is 2. The monoisotopic (exact) mass is 500 g/mol. The predicted molar refractivity (Wildman–Crippen MR) is 133 cm³/mol. The highest BCUT2D eigenvalue weighted by Crippen LogP contribution is 2.35. The Hall–Kier alpha value is -2.88. The largest absolute Gasteiger partial charge is 0.493 e. The number of hydrogen-bond acceptors (Lipinski definition) is 7. The molecule has 4 rings (SSSR count). The van der Waals surface area contributed by atoms with Gasteiger partial charge in [-0.25, -0.2) is 0 Å². The van der Waals surface area contributed by atoms with Crippen LogP contribution in [0.4, 0.5) is 0 Å². The van der Waals surface area contributed by atoms with Gasteiger partial charge in [-0.05, 0) is 47.0 Å². The molecule has 3 heterocycles. The number of thiophene rings is 2. The number of fused-ring (bicyclic) bond motifs is 1. The second kappa shape index (κ2) is 11.5. The smallest absolute Gasteiger partial charge is 0.264 e. The molecule has 2 amide bonds. The molecular weight excluding hydrogens is 472 g/mol. The van der Waals surface area contributed by atoms with Crippen LogP contribution in [0.15, 0.2) is 53.2 Å². The average Bonchev–Trinajstić information content (AvgIpc) is 3.57. The number of para-hydroxylation sites is 2. The zero-order chi connectivity index (χ0) is 23.9. The molecule has 9 heteroatoms. The Morgan fingerprint density at radius 1 is 1.06 bits per heavy atom. The van der Waals surface area contributed by atoms with Crippen molar-refractivity contribution in [1.29, 1.82) is 0 Å². The summed E-state index contributed by atoms with van der Waals surface area (Å²) in [4.78, 5) is 31.8. The third kappa shape index (κ3) is 5.43. The fraction of sp³-hybridized carbons (Fsp3) is 0.360. The first-order valence-electron chi connectivity index (χ1n) is 11.1. The number of carbonyl (C=O) groups is 2. The first-order valence-corrected chi connectivity index (χ1v) is 12.8. The van der Waals surface area contributed by atoms with Crippen molar-refractivity contribution < 1.29 is 23.8 Å². The fourth-order valence-electron chi connectivity index (χ4n) is 4.05. The first-order chi connectivity index (χ1) is 16.6. The minimum absolute atomic E-state index is 0.00920. The Morgan fingerprint density at radius 3 is 2.62 bits per heavy atom. The van der Waals surface area contributed by atoms with Gasteiger partial charge in [0.05, 0.1) is 24.6 Å². The number of carbonyl (C=O) groups excluding carboxylic acids is 2. The van der Waals surface area contributed by atoms with Crippen molar-refractivity contribution in [3.05, 3.63) is 68.5 Å². The molecule has 0 saturated carbocycles. The molecule has 1 atom stereocenters. The minimum atomic E-state index is -0.242. The summed E-state index contributed by atoms with van der Waals surface area (Å²) in [6.07, 6.45) is 0.793. The van der Waals surface area contributed by atoms with Crippen LogP contribution in [-0.4, -0.2) is 68.7 Å². The Balaban J connectivity index is 1.52. The molecule has 0 N–H and O–H groups in total. The van der Waals surface area contributed by atoms with Crippen molar-refractivity contribution in [2.75, 3.05) is 47.1 Å². The van der Waals surface area contributed by atoms with Crippen LogP contribution < -0.4 is 9.47 Å². The van der Waals surface area contributed by atoms with Gasteiger partial charge in [0, 0.05) is 25.1 Å². The molecular formula is C25H28N2O5S2. The van der Waals surface area contributed by atoms with E-state index in [9.17, 15) is 9.59 Å². The van der Waals surface area contributed by atoms with E-state index in [0.29, 0.717) is 42.7 Å². The van der Waals surface area contributed by atoms with Crippen molar-refractivity contribution in [3.8, 4) is 11.5 Å². The van der Waals surface area contributed by atoms with Gasteiger partial charge >= 0.3 is 0 Å². The SMILES string of the molecule is COCCN(CC(=O)N1CCc2sccc2C1COc1ccccc1OC)C(=O)c1cccs1. The van der Waals surface area contributed by atoms with E-state index in [1.807, 2.05) is 40.6 Å². The lowest BCUT2D eigenvalue weighted by Gasteiger charge is -2.37. The highest BCUT2D eigenvalue weighted by atomic mass is 32.1. The summed E-state index contributed by atoms with van der Waals surface area (Å²) >= 11 is 3.07. The van der Waals surface area contributed by atoms with Crippen molar-refractivity contribution in [3.63, 3.8) is 0 Å². The standard InChI is InChI=1S/C25H28N2O5S2/c1-30-13-12-26(25(29)23-8-5-14-33-23)16-24(28)27-11-9-22-18(10-15-34-22)19(27)17-32-21-7-4-3-6-20(21)31-2/h3-8,10,14-15,19H,9,11-13,16-17H2,1-2H3. The Kier molecular flexibility index (Phi) is 8.21. The van der Waals surface area contributed by atoms with Gasteiger partial charge in [-0.1, -0.05) is 18.2 Å². The zero-order valence-electron chi connectivity index (χ0n) is 19.3. The number of benzene rings is 1. The summed E-state index contributed by atoms with van der Waals surface area (Å²) in [7, 11) is 3.19. The van der Waals surface area contributed by atoms with Crippen molar-refractivity contribution in [1.82, 2.24) is 9.80 Å². The normalized spacial score (nSPS) is 15.0. The van der Waals surface area contributed by atoms with Gasteiger partial charge in [-0.3, -0.25) is 9.59 Å². The molecule has 1 unspecified atom stereocenters. The molecule has 1 aromatic carbocycles. The van der Waals surface area contributed by atoms with Gasteiger partial charge in [0.1, 0.15) is 13.2 Å². The third-order valence-electron chi connectivity index (χ3n) is 5.79. The Morgan fingerprint density at radius 2 is 1.88 bits per heavy atom. The van der Waals surface area contributed by atoms with Gasteiger partial charge in [-0.15, -0.1) is 22.7 Å². The highest BCUT2D eigenvalue weighted by molar-refractivity contribution is 7.12. The van der Waals surface area contributed by atoms with Gasteiger partial charge < -0.3 is 24.0 Å². The summed E-state index contributed by atoms with van der Waals surface area (Å²) < 4.78 is 16.7. The summed E-state index contributed by atoms with van der Waals surface area (Å²) in [5.41, 5.74) is 1.10. The number of methoxy groups -OCH3 is 2. The van der Waals surface area contributed by atoms with Crippen molar-refractivity contribution in [2.45, 2.75) is 12.5 Å². The van der Waals surface area contributed by atoms with E-state index in [1.165, 1.54) is 16.2 Å². The van der Waals surface area contributed by atoms with Crippen LogP contribution in [0.25, 0.3) is 0 Å². The maximum absolute atomic E-state index is 13.5. The molecule has 1 aliphatic rings. The minimum Gasteiger partial charge on any atom is -0.493 e. The van der Waals surface area contributed by atoms with E-state index in [2.05, 4.69) is 11.4 Å². The number of nitrogens with zero attached hydrogens (tertiary/aromatic N) is 2. The van der Waals surface area contributed by atoms with Crippen LogP contribution in [0.2, 0.25) is 0 Å². The summed E-state index contributed by atoms with van der Waals surface area (Å²) in [6.45, 7) is 1.58. The second-order valence-electron chi connectivity index (χ2n) is 7.81. The molecule has 0 radical (unpaired) electrons. The maximum atomic E-state index is 13.5. The second-order valence-corrected chi connectivity index (χ2v) is 9.76. The quantitative estimate of drug-likeness (QED) is 0.419. The summed E-state index contributed by atoms with van der Waals surface area (Å²) in [5.74, 6) is 1.02. The van der Waals surface area contributed by atoms with Crippen LogP contribution >= 0.6 is 22.7 Å². The summed E-state index contributed by atoms with van der Waals surface area (Å²) in [6, 6.07) is 12.9. The average molecular weight is 501 g/mol. The van der Waals surface area contributed by atoms with E-state index in [-0.39, 0.29) is 24.4 Å². The van der Waals surface area contributed by atoms with Crippen LogP contribution in [0.3, 0.4) is 0 Å². The van der Waals surface area contributed by atoms with E-state index in [1.54, 1.807) is 36.5 Å². The van der Waals surface area contributed by atoms with Crippen molar-refractivity contribution >= 4 is 34.5 Å². The van der Waals surface area contributed by atoms with Crippen molar-refractivity contribution in [2.24, 2.45) is 0 Å². The zero-order valence-corrected chi connectivity index (χ0v) is 20.9. The van der Waals surface area contributed by atoms with Gasteiger partial charge in [0.25, 0.3) is 5.91 Å². The lowest BCUT2D eigenvalue weighted by Crippen LogP contribution is -2.48.